The van der Waals surface area contributed by atoms with Gasteiger partial charge in [-0.3, -0.25) is 4.90 Å². The van der Waals surface area contributed by atoms with Crippen molar-refractivity contribution < 1.29 is 8.42 Å². The fraction of sp³-hybridized carbons (Fsp3) is 1.00. The molecule has 2 aliphatic rings. The normalized spacial score (nSPS) is 24.9. The lowest BCUT2D eigenvalue weighted by atomic mass is 10.0. The van der Waals surface area contributed by atoms with Gasteiger partial charge < -0.3 is 5.73 Å². The zero-order chi connectivity index (χ0) is 14.8. The van der Waals surface area contributed by atoms with E-state index in [4.69, 9.17) is 5.73 Å². The molecule has 118 valence electrons. The van der Waals surface area contributed by atoms with Crippen molar-refractivity contribution in [1.29, 1.82) is 0 Å². The van der Waals surface area contributed by atoms with Gasteiger partial charge in [0.05, 0.1) is 0 Å². The summed E-state index contributed by atoms with van der Waals surface area (Å²) < 4.78 is 28.4. The van der Waals surface area contributed by atoms with Crippen LogP contribution in [-0.4, -0.2) is 73.3 Å². The topological polar surface area (TPSA) is 69.9 Å². The lowest BCUT2D eigenvalue weighted by Crippen LogP contribution is -2.59. The van der Waals surface area contributed by atoms with Crippen LogP contribution in [0.15, 0.2) is 0 Å². The highest BCUT2D eigenvalue weighted by Gasteiger charge is 2.35. The number of nitrogens with zero attached hydrogens (tertiary/aromatic N) is 3. The minimum Gasteiger partial charge on any atom is -0.329 e. The average molecular weight is 304 g/mol. The Morgan fingerprint density at radius 2 is 1.40 bits per heavy atom. The van der Waals surface area contributed by atoms with E-state index in [2.05, 4.69) is 18.7 Å². The van der Waals surface area contributed by atoms with Gasteiger partial charge in [0.1, 0.15) is 0 Å². The van der Waals surface area contributed by atoms with Crippen molar-refractivity contribution in [2.75, 3.05) is 45.8 Å². The number of hydrogen-bond acceptors (Lipinski definition) is 4. The molecule has 0 aliphatic carbocycles. The Balaban J connectivity index is 1.96. The Bertz CT molecular complexity index is 410. The molecule has 2 saturated heterocycles. The van der Waals surface area contributed by atoms with Crippen LogP contribution in [0.1, 0.15) is 33.1 Å². The van der Waals surface area contributed by atoms with Crippen LogP contribution in [0, 0.1) is 0 Å². The molecule has 0 aromatic carbocycles. The Morgan fingerprint density at radius 1 is 0.900 bits per heavy atom. The van der Waals surface area contributed by atoms with Gasteiger partial charge in [-0.25, -0.2) is 0 Å². The smallest absolute Gasteiger partial charge is 0.282 e. The third kappa shape index (κ3) is 3.33. The molecule has 0 unspecified atom stereocenters. The van der Waals surface area contributed by atoms with Crippen LogP contribution >= 0.6 is 0 Å². The fourth-order valence-corrected chi connectivity index (χ4v) is 4.58. The van der Waals surface area contributed by atoms with Crippen LogP contribution in [0.25, 0.3) is 0 Å². The predicted molar refractivity (Wildman–Crippen MR) is 80.6 cm³/mol. The van der Waals surface area contributed by atoms with Crippen molar-refractivity contribution in [2.24, 2.45) is 5.73 Å². The summed E-state index contributed by atoms with van der Waals surface area (Å²) in [6.45, 7) is 8.84. The van der Waals surface area contributed by atoms with Crippen molar-refractivity contribution in [3.8, 4) is 0 Å². The number of piperidine rings is 1. The van der Waals surface area contributed by atoms with Crippen molar-refractivity contribution in [3.05, 3.63) is 0 Å². The van der Waals surface area contributed by atoms with Gasteiger partial charge in [-0.1, -0.05) is 6.42 Å². The highest BCUT2D eigenvalue weighted by Crippen LogP contribution is 2.21. The van der Waals surface area contributed by atoms with Gasteiger partial charge >= 0.3 is 0 Å². The SMILES string of the molecule is CC(C)(CN)N1CCN(S(=O)(=O)N2CCCCC2)CC1. The van der Waals surface area contributed by atoms with Crippen LogP contribution in [0.4, 0.5) is 0 Å². The first kappa shape index (κ1) is 16.2. The lowest BCUT2D eigenvalue weighted by Gasteiger charge is -2.44. The third-order valence-corrected chi connectivity index (χ3v) is 6.60. The molecule has 2 fully saturated rings. The van der Waals surface area contributed by atoms with E-state index in [1.165, 1.54) is 0 Å². The second kappa shape index (κ2) is 6.27. The zero-order valence-corrected chi connectivity index (χ0v) is 13.5. The van der Waals surface area contributed by atoms with Crippen LogP contribution in [-0.2, 0) is 10.2 Å². The number of nitrogens with two attached hydrogens (primary N) is 1. The second-order valence-electron chi connectivity index (χ2n) is 6.37. The Hall–Kier alpha value is -0.210. The second-order valence-corrected chi connectivity index (χ2v) is 8.30. The minimum absolute atomic E-state index is 0.0546. The van der Waals surface area contributed by atoms with Crippen LogP contribution in [0.2, 0.25) is 0 Å². The maximum Gasteiger partial charge on any atom is 0.282 e. The van der Waals surface area contributed by atoms with Crippen molar-refractivity contribution in [1.82, 2.24) is 13.5 Å². The average Bonchev–Trinajstić information content (AvgIpc) is 2.48. The van der Waals surface area contributed by atoms with E-state index in [9.17, 15) is 8.42 Å². The molecule has 2 heterocycles. The van der Waals surface area contributed by atoms with E-state index in [0.29, 0.717) is 32.7 Å². The van der Waals surface area contributed by atoms with Gasteiger partial charge in [-0.05, 0) is 26.7 Å². The highest BCUT2D eigenvalue weighted by atomic mass is 32.2. The minimum atomic E-state index is -3.25. The molecule has 2 aliphatic heterocycles. The van der Waals surface area contributed by atoms with E-state index < -0.39 is 10.2 Å². The summed E-state index contributed by atoms with van der Waals surface area (Å²) in [6, 6.07) is 0. The van der Waals surface area contributed by atoms with Gasteiger partial charge in [0.15, 0.2) is 0 Å². The molecule has 2 N–H and O–H groups in total. The standard InChI is InChI=1S/C13H28N4O2S/c1-13(2,12-14)15-8-10-17(11-9-15)20(18,19)16-6-4-3-5-7-16/h3-12,14H2,1-2H3. The summed E-state index contributed by atoms with van der Waals surface area (Å²) >= 11 is 0. The molecular formula is C13H28N4O2S. The van der Waals surface area contributed by atoms with Gasteiger partial charge in [0, 0.05) is 51.4 Å². The quantitative estimate of drug-likeness (QED) is 0.798. The van der Waals surface area contributed by atoms with Crippen LogP contribution in [0.3, 0.4) is 0 Å². The molecule has 7 heteroatoms. The molecule has 0 spiro atoms. The summed E-state index contributed by atoms with van der Waals surface area (Å²) in [5.74, 6) is 0. The van der Waals surface area contributed by atoms with Gasteiger partial charge in [0.25, 0.3) is 10.2 Å². The molecule has 6 nitrogen and oxygen atoms in total. The van der Waals surface area contributed by atoms with E-state index in [0.717, 1.165) is 32.4 Å². The van der Waals surface area contributed by atoms with Gasteiger partial charge in [-0.2, -0.15) is 17.0 Å². The summed E-state index contributed by atoms with van der Waals surface area (Å²) in [6.07, 6.45) is 3.11. The van der Waals surface area contributed by atoms with Crippen LogP contribution in [0.5, 0.6) is 0 Å². The maximum absolute atomic E-state index is 12.6. The zero-order valence-electron chi connectivity index (χ0n) is 12.7. The molecular weight excluding hydrogens is 276 g/mol. The summed E-state index contributed by atoms with van der Waals surface area (Å²) in [5.41, 5.74) is 5.74. The number of piperazine rings is 1. The molecule has 0 radical (unpaired) electrons. The highest BCUT2D eigenvalue weighted by molar-refractivity contribution is 7.86. The molecule has 0 saturated carbocycles. The van der Waals surface area contributed by atoms with E-state index in [1.807, 2.05) is 0 Å². The van der Waals surface area contributed by atoms with Gasteiger partial charge in [0.2, 0.25) is 0 Å². The molecule has 0 aromatic heterocycles. The Morgan fingerprint density at radius 3 is 1.90 bits per heavy atom. The third-order valence-electron chi connectivity index (χ3n) is 4.56. The van der Waals surface area contributed by atoms with E-state index in [1.54, 1.807) is 8.61 Å². The maximum atomic E-state index is 12.6. The Labute approximate surface area is 123 Å². The molecule has 2 rings (SSSR count). The monoisotopic (exact) mass is 304 g/mol. The Kier molecular flexibility index (Phi) is 5.07. The van der Waals surface area contributed by atoms with E-state index in [-0.39, 0.29) is 5.54 Å². The first-order chi connectivity index (χ1) is 9.38. The van der Waals surface area contributed by atoms with Crippen molar-refractivity contribution in [2.45, 2.75) is 38.6 Å². The number of hydrogen-bond donors (Lipinski definition) is 1. The first-order valence-electron chi connectivity index (χ1n) is 7.58. The fourth-order valence-electron chi connectivity index (χ4n) is 2.91. The molecule has 0 aromatic rings. The van der Waals surface area contributed by atoms with Crippen molar-refractivity contribution >= 4 is 10.2 Å². The summed E-state index contributed by atoms with van der Waals surface area (Å²) in [7, 11) is -3.25. The first-order valence-corrected chi connectivity index (χ1v) is 8.98. The number of rotatable bonds is 4. The van der Waals surface area contributed by atoms with Crippen LogP contribution < -0.4 is 5.73 Å². The van der Waals surface area contributed by atoms with Gasteiger partial charge in [-0.15, -0.1) is 0 Å². The lowest BCUT2D eigenvalue weighted by molar-refractivity contribution is 0.0824. The van der Waals surface area contributed by atoms with E-state index >= 15 is 0 Å². The molecule has 0 bridgehead atoms. The van der Waals surface area contributed by atoms with Crippen molar-refractivity contribution in [3.63, 3.8) is 0 Å². The summed E-state index contributed by atoms with van der Waals surface area (Å²) in [5, 5.41) is 0. The molecule has 0 atom stereocenters. The molecule has 20 heavy (non-hydrogen) atoms. The summed E-state index contributed by atoms with van der Waals surface area (Å²) in [4.78, 5) is 2.29. The molecule has 0 amide bonds. The predicted octanol–water partition coefficient (Wildman–Crippen LogP) is 0.0720. The largest absolute Gasteiger partial charge is 0.329 e.